The molecule has 4 heterocycles. The number of likely N-dealkylation sites (tertiary alicyclic amines) is 1. The maximum Gasteiger partial charge on any atom is 0.218 e. The largest absolute Gasteiger partial charge is 0.481 e. The van der Waals surface area contributed by atoms with Crippen LogP contribution in [0.25, 0.3) is 0 Å². The second-order valence-corrected chi connectivity index (χ2v) is 8.37. The molecule has 0 spiro atoms. The summed E-state index contributed by atoms with van der Waals surface area (Å²) in [4.78, 5) is 13.8. The molecule has 2 aliphatic heterocycles. The fourth-order valence-corrected chi connectivity index (χ4v) is 4.75. The van der Waals surface area contributed by atoms with Crippen molar-refractivity contribution in [2.45, 2.75) is 70.1 Å². The van der Waals surface area contributed by atoms with Gasteiger partial charge in [0, 0.05) is 50.0 Å². The van der Waals surface area contributed by atoms with Crippen LogP contribution in [0.1, 0.15) is 49.9 Å². The lowest BCUT2D eigenvalue weighted by molar-refractivity contribution is 0.198. The van der Waals surface area contributed by atoms with Gasteiger partial charge in [-0.25, -0.2) is 9.97 Å². The molecule has 2 fully saturated rings. The average Bonchev–Trinajstić information content (AvgIpc) is 3.48. The van der Waals surface area contributed by atoms with Gasteiger partial charge in [0.1, 0.15) is 12.1 Å². The summed E-state index contributed by atoms with van der Waals surface area (Å²) < 4.78 is 7.54. The summed E-state index contributed by atoms with van der Waals surface area (Å²) in [7, 11) is 1.67. The topological polar surface area (TPSA) is 59.3 Å². The molecule has 0 bridgehead atoms. The Kier molecular flexibility index (Phi) is 4.93. The molecule has 0 N–H and O–H groups in total. The summed E-state index contributed by atoms with van der Waals surface area (Å²) >= 11 is 0. The molecule has 0 radical (unpaired) electrons. The predicted molar refractivity (Wildman–Crippen MR) is 108 cm³/mol. The fraction of sp³-hybridized carbons (Fsp3) is 0.667. The predicted octanol–water partition coefficient (Wildman–Crippen LogP) is 2.65. The second-order valence-electron chi connectivity index (χ2n) is 8.37. The van der Waals surface area contributed by atoms with E-state index >= 15 is 0 Å². The number of fused-ring (bicyclic) bond motifs is 1. The van der Waals surface area contributed by atoms with E-state index in [1.165, 1.54) is 56.3 Å². The Bertz CT molecular complexity index is 785. The first-order valence-electron chi connectivity index (χ1n) is 10.7. The van der Waals surface area contributed by atoms with Crippen molar-refractivity contribution in [2.75, 3.05) is 25.1 Å². The smallest absolute Gasteiger partial charge is 0.218 e. The van der Waals surface area contributed by atoms with Crippen molar-refractivity contribution >= 4 is 5.82 Å². The zero-order chi connectivity index (χ0) is 18.9. The fourth-order valence-electron chi connectivity index (χ4n) is 4.75. The SMILES string of the molecule is COc1cc(N(C2CC2)C2CCN(Cc3cc4n(n3)CCCC4)CC2)ncn1. The lowest BCUT2D eigenvalue weighted by atomic mass is 10.0. The first kappa shape index (κ1) is 17.9. The average molecular weight is 383 g/mol. The summed E-state index contributed by atoms with van der Waals surface area (Å²) in [5.41, 5.74) is 2.67. The van der Waals surface area contributed by atoms with Gasteiger partial charge in [-0.15, -0.1) is 0 Å². The number of aromatic nitrogens is 4. The van der Waals surface area contributed by atoms with Gasteiger partial charge in [-0.3, -0.25) is 9.58 Å². The monoisotopic (exact) mass is 382 g/mol. The van der Waals surface area contributed by atoms with Crippen LogP contribution in [0.4, 0.5) is 5.82 Å². The number of hydrogen-bond donors (Lipinski definition) is 0. The van der Waals surface area contributed by atoms with Gasteiger partial charge < -0.3 is 9.64 Å². The van der Waals surface area contributed by atoms with Crippen LogP contribution >= 0.6 is 0 Å². The van der Waals surface area contributed by atoms with Crippen molar-refractivity contribution in [1.82, 2.24) is 24.6 Å². The van der Waals surface area contributed by atoms with Gasteiger partial charge >= 0.3 is 0 Å². The third-order valence-corrected chi connectivity index (χ3v) is 6.34. The molecule has 7 nitrogen and oxygen atoms in total. The number of nitrogens with zero attached hydrogens (tertiary/aromatic N) is 6. The Hall–Kier alpha value is -2.15. The van der Waals surface area contributed by atoms with Crippen LogP contribution < -0.4 is 9.64 Å². The van der Waals surface area contributed by atoms with E-state index in [1.54, 1.807) is 13.4 Å². The van der Waals surface area contributed by atoms with Gasteiger partial charge in [0.25, 0.3) is 0 Å². The van der Waals surface area contributed by atoms with Gasteiger partial charge in [-0.1, -0.05) is 0 Å². The number of ether oxygens (including phenoxy) is 1. The highest BCUT2D eigenvalue weighted by Gasteiger charge is 2.36. The minimum Gasteiger partial charge on any atom is -0.481 e. The molecule has 28 heavy (non-hydrogen) atoms. The van der Waals surface area contributed by atoms with E-state index in [4.69, 9.17) is 9.84 Å². The number of rotatable bonds is 6. The first-order valence-corrected chi connectivity index (χ1v) is 10.7. The third-order valence-electron chi connectivity index (χ3n) is 6.34. The van der Waals surface area contributed by atoms with Crippen molar-refractivity contribution in [3.8, 4) is 5.88 Å². The molecular formula is C21H30N6O. The minimum absolute atomic E-state index is 0.554. The Balaban J connectivity index is 1.22. The molecule has 0 amide bonds. The highest BCUT2D eigenvalue weighted by atomic mass is 16.5. The van der Waals surface area contributed by atoms with E-state index in [0.717, 1.165) is 32.0 Å². The molecule has 2 aromatic heterocycles. The van der Waals surface area contributed by atoms with Gasteiger partial charge in [0.2, 0.25) is 5.88 Å². The molecule has 150 valence electrons. The van der Waals surface area contributed by atoms with Crippen molar-refractivity contribution < 1.29 is 4.74 Å². The Morgan fingerprint density at radius 2 is 1.86 bits per heavy atom. The van der Waals surface area contributed by atoms with Gasteiger partial charge in [-0.05, 0) is 51.0 Å². The molecule has 1 aliphatic carbocycles. The molecule has 3 aliphatic rings. The Morgan fingerprint density at radius 1 is 1.04 bits per heavy atom. The standard InChI is InChI=1S/C21H30N6O/c1-28-21-13-20(22-15-23-21)27(17-5-6-17)18-7-10-25(11-8-18)14-16-12-19-4-2-3-9-26(19)24-16/h12-13,15,17-18H,2-11,14H2,1H3. The van der Waals surface area contributed by atoms with Crippen molar-refractivity contribution in [3.63, 3.8) is 0 Å². The van der Waals surface area contributed by atoms with Crippen molar-refractivity contribution in [3.05, 3.63) is 29.8 Å². The Labute approximate surface area is 166 Å². The van der Waals surface area contributed by atoms with Crippen LogP contribution in [0, 0.1) is 0 Å². The lowest BCUT2D eigenvalue weighted by Crippen LogP contribution is -2.46. The van der Waals surface area contributed by atoms with E-state index in [1.807, 2.05) is 6.07 Å². The van der Waals surface area contributed by atoms with Crippen molar-refractivity contribution in [2.24, 2.45) is 0 Å². The highest BCUT2D eigenvalue weighted by molar-refractivity contribution is 5.45. The minimum atomic E-state index is 0.554. The summed E-state index contributed by atoms with van der Waals surface area (Å²) in [6, 6.07) is 5.50. The Morgan fingerprint density at radius 3 is 2.61 bits per heavy atom. The summed E-state index contributed by atoms with van der Waals surface area (Å²) in [5.74, 6) is 1.67. The highest BCUT2D eigenvalue weighted by Crippen LogP contribution is 2.36. The van der Waals surface area contributed by atoms with Crippen LogP contribution in [-0.4, -0.2) is 56.9 Å². The van der Waals surface area contributed by atoms with Gasteiger partial charge in [0.05, 0.1) is 12.8 Å². The normalized spacial score (nSPS) is 20.8. The number of aryl methyl sites for hydroxylation is 2. The molecule has 1 saturated heterocycles. The van der Waals surface area contributed by atoms with E-state index in [2.05, 4.69) is 30.5 Å². The van der Waals surface area contributed by atoms with Crippen LogP contribution in [0.5, 0.6) is 5.88 Å². The summed E-state index contributed by atoms with van der Waals surface area (Å²) in [5, 5.41) is 4.84. The molecule has 7 heteroatoms. The van der Waals surface area contributed by atoms with Crippen LogP contribution in [0.3, 0.4) is 0 Å². The zero-order valence-corrected chi connectivity index (χ0v) is 16.8. The first-order chi connectivity index (χ1) is 13.8. The maximum absolute atomic E-state index is 5.32. The van der Waals surface area contributed by atoms with Gasteiger partial charge in [-0.2, -0.15) is 5.10 Å². The van der Waals surface area contributed by atoms with Crippen LogP contribution in [0.2, 0.25) is 0 Å². The van der Waals surface area contributed by atoms with Crippen molar-refractivity contribution in [1.29, 1.82) is 0 Å². The quantitative estimate of drug-likeness (QED) is 0.766. The maximum atomic E-state index is 5.32. The van der Waals surface area contributed by atoms with E-state index in [-0.39, 0.29) is 0 Å². The van der Waals surface area contributed by atoms with Crippen LogP contribution in [-0.2, 0) is 19.5 Å². The van der Waals surface area contributed by atoms with Crippen LogP contribution in [0.15, 0.2) is 18.5 Å². The molecule has 2 aromatic rings. The van der Waals surface area contributed by atoms with Gasteiger partial charge in [0.15, 0.2) is 0 Å². The summed E-state index contributed by atoms with van der Waals surface area (Å²) in [6.07, 6.45) is 10.3. The number of hydrogen-bond acceptors (Lipinski definition) is 6. The van der Waals surface area contributed by atoms with E-state index < -0.39 is 0 Å². The molecule has 0 aromatic carbocycles. The molecule has 0 atom stereocenters. The molecule has 5 rings (SSSR count). The third kappa shape index (κ3) is 3.72. The number of piperidine rings is 1. The number of methoxy groups -OCH3 is 1. The molecular weight excluding hydrogens is 352 g/mol. The molecule has 0 unspecified atom stereocenters. The lowest BCUT2D eigenvalue weighted by Gasteiger charge is -2.39. The number of anilines is 1. The summed E-state index contributed by atoms with van der Waals surface area (Å²) in [6.45, 7) is 4.32. The second kappa shape index (κ2) is 7.70. The van der Waals surface area contributed by atoms with E-state index in [9.17, 15) is 0 Å². The molecule has 1 saturated carbocycles. The van der Waals surface area contributed by atoms with E-state index in [0.29, 0.717) is 18.0 Å². The zero-order valence-electron chi connectivity index (χ0n) is 16.8.